The molecule has 1 heterocycles. The van der Waals surface area contributed by atoms with E-state index in [4.69, 9.17) is 4.74 Å². The van der Waals surface area contributed by atoms with Crippen molar-refractivity contribution in [2.75, 3.05) is 46.9 Å². The molecule has 2 unspecified atom stereocenters. The number of nitrogens with zero attached hydrogens (tertiary/aromatic N) is 2. The van der Waals surface area contributed by atoms with E-state index >= 15 is 0 Å². The zero-order valence-corrected chi connectivity index (χ0v) is 13.7. The Labute approximate surface area is 123 Å². The van der Waals surface area contributed by atoms with Crippen LogP contribution in [0.4, 0.5) is 0 Å². The smallest absolute Gasteiger partial charge is 0.327 e. The summed E-state index contributed by atoms with van der Waals surface area (Å²) in [5.74, 6) is -0.145. The topological polar surface area (TPSA) is 44.8 Å². The highest BCUT2D eigenvalue weighted by Crippen LogP contribution is 2.17. The Bertz CT molecular complexity index is 309. The molecule has 1 aliphatic rings. The van der Waals surface area contributed by atoms with Crippen molar-refractivity contribution in [3.05, 3.63) is 0 Å². The van der Waals surface area contributed by atoms with Crippen LogP contribution in [0.5, 0.6) is 0 Å². The Hall–Kier alpha value is -0.650. The number of carbonyl (C=O) groups excluding carboxylic acids is 1. The summed E-state index contributed by atoms with van der Waals surface area (Å²) >= 11 is 0. The molecule has 0 aromatic carbocycles. The number of nitrogens with one attached hydrogen (secondary N) is 1. The molecule has 0 aliphatic carbocycles. The van der Waals surface area contributed by atoms with Gasteiger partial charge < -0.3 is 15.0 Å². The molecular weight excluding hydrogens is 254 g/mol. The predicted octanol–water partition coefficient (Wildman–Crippen LogP) is 0.944. The molecule has 5 nitrogen and oxygen atoms in total. The fraction of sp³-hybridized carbons (Fsp3) is 0.933. The minimum Gasteiger partial charge on any atom is -0.465 e. The molecule has 1 saturated heterocycles. The second-order valence-electron chi connectivity index (χ2n) is 6.08. The fourth-order valence-electron chi connectivity index (χ4n) is 2.92. The largest absolute Gasteiger partial charge is 0.465 e. The van der Waals surface area contributed by atoms with Gasteiger partial charge in [0, 0.05) is 19.1 Å². The van der Waals surface area contributed by atoms with Gasteiger partial charge in [0.05, 0.1) is 6.61 Å². The van der Waals surface area contributed by atoms with E-state index in [0.717, 1.165) is 19.6 Å². The van der Waals surface area contributed by atoms with Crippen LogP contribution in [0.3, 0.4) is 0 Å². The standard InChI is InChI=1S/C15H31N3O2/c1-6-16-15(3,14(19)20-7-2)12-18-10-8-9-13(11-18)17(4)5/h13,16H,6-12H2,1-5H3. The summed E-state index contributed by atoms with van der Waals surface area (Å²) in [4.78, 5) is 16.9. The van der Waals surface area contributed by atoms with Crippen LogP contribution in [0.15, 0.2) is 0 Å². The van der Waals surface area contributed by atoms with E-state index in [0.29, 0.717) is 19.2 Å². The molecule has 1 aliphatic heterocycles. The molecule has 0 spiro atoms. The van der Waals surface area contributed by atoms with E-state index in [-0.39, 0.29) is 5.97 Å². The van der Waals surface area contributed by atoms with Gasteiger partial charge in [-0.1, -0.05) is 6.92 Å². The highest BCUT2D eigenvalue weighted by atomic mass is 16.5. The minimum atomic E-state index is -0.612. The van der Waals surface area contributed by atoms with Crippen LogP contribution >= 0.6 is 0 Å². The Kier molecular flexibility index (Phi) is 6.92. The average molecular weight is 285 g/mol. The second kappa shape index (κ2) is 7.96. The lowest BCUT2D eigenvalue weighted by atomic mass is 9.98. The number of carbonyl (C=O) groups is 1. The summed E-state index contributed by atoms with van der Waals surface area (Å²) in [5.41, 5.74) is -0.612. The second-order valence-corrected chi connectivity index (χ2v) is 6.08. The number of piperidine rings is 1. The zero-order chi connectivity index (χ0) is 15.2. The third kappa shape index (κ3) is 4.72. The van der Waals surface area contributed by atoms with E-state index in [9.17, 15) is 4.79 Å². The molecule has 0 radical (unpaired) electrons. The minimum absolute atomic E-state index is 0.145. The van der Waals surface area contributed by atoms with Gasteiger partial charge >= 0.3 is 5.97 Å². The SMILES string of the molecule is CCNC(C)(CN1CCCC(N(C)C)C1)C(=O)OCC. The lowest BCUT2D eigenvalue weighted by Gasteiger charge is -2.40. The van der Waals surface area contributed by atoms with Crippen LogP contribution in [-0.2, 0) is 9.53 Å². The third-order valence-corrected chi connectivity index (χ3v) is 4.04. The van der Waals surface area contributed by atoms with Gasteiger partial charge in [0.1, 0.15) is 5.54 Å². The molecule has 0 amide bonds. The van der Waals surface area contributed by atoms with Crippen molar-refractivity contribution in [1.82, 2.24) is 15.1 Å². The Balaban J connectivity index is 2.67. The van der Waals surface area contributed by atoms with Crippen LogP contribution in [0, 0.1) is 0 Å². The van der Waals surface area contributed by atoms with Crippen LogP contribution in [-0.4, -0.2) is 74.2 Å². The summed E-state index contributed by atoms with van der Waals surface area (Å²) in [7, 11) is 4.26. The fourth-order valence-corrected chi connectivity index (χ4v) is 2.92. The van der Waals surface area contributed by atoms with Crippen molar-refractivity contribution in [2.24, 2.45) is 0 Å². The van der Waals surface area contributed by atoms with Crippen LogP contribution in [0.1, 0.15) is 33.6 Å². The first-order valence-electron chi connectivity index (χ1n) is 7.74. The average Bonchev–Trinajstić information content (AvgIpc) is 2.39. The molecule has 1 fully saturated rings. The van der Waals surface area contributed by atoms with Crippen molar-refractivity contribution in [3.63, 3.8) is 0 Å². The molecule has 0 aromatic heterocycles. The van der Waals surface area contributed by atoms with Crippen LogP contribution in [0.2, 0.25) is 0 Å². The first-order valence-corrected chi connectivity index (χ1v) is 7.74. The van der Waals surface area contributed by atoms with Crippen molar-refractivity contribution in [1.29, 1.82) is 0 Å². The van der Waals surface area contributed by atoms with Gasteiger partial charge in [0.2, 0.25) is 0 Å². The Morgan fingerprint density at radius 2 is 2.15 bits per heavy atom. The maximum atomic E-state index is 12.2. The predicted molar refractivity (Wildman–Crippen MR) is 81.9 cm³/mol. The number of esters is 1. The van der Waals surface area contributed by atoms with E-state index in [1.807, 2.05) is 20.8 Å². The van der Waals surface area contributed by atoms with E-state index in [2.05, 4.69) is 29.2 Å². The van der Waals surface area contributed by atoms with Crippen LogP contribution < -0.4 is 5.32 Å². The zero-order valence-electron chi connectivity index (χ0n) is 13.7. The molecule has 0 saturated carbocycles. The van der Waals surface area contributed by atoms with Crippen molar-refractivity contribution in [2.45, 2.75) is 45.2 Å². The summed E-state index contributed by atoms with van der Waals surface area (Å²) in [6.45, 7) is 9.82. The van der Waals surface area contributed by atoms with Crippen molar-refractivity contribution >= 4 is 5.97 Å². The first-order chi connectivity index (χ1) is 9.42. The molecule has 1 N–H and O–H groups in total. The number of rotatable bonds is 7. The molecule has 2 atom stereocenters. The highest BCUT2D eigenvalue weighted by Gasteiger charge is 2.37. The monoisotopic (exact) mass is 285 g/mol. The maximum Gasteiger partial charge on any atom is 0.327 e. The van der Waals surface area contributed by atoms with Gasteiger partial charge in [-0.3, -0.25) is 9.69 Å². The van der Waals surface area contributed by atoms with Gasteiger partial charge in [0.25, 0.3) is 0 Å². The summed E-state index contributed by atoms with van der Waals surface area (Å²) in [6, 6.07) is 0.580. The highest BCUT2D eigenvalue weighted by molar-refractivity contribution is 5.80. The summed E-state index contributed by atoms with van der Waals surface area (Å²) < 4.78 is 5.24. The van der Waals surface area contributed by atoms with E-state index in [1.54, 1.807) is 0 Å². The number of likely N-dealkylation sites (tertiary alicyclic amines) is 1. The normalized spacial score (nSPS) is 23.6. The lowest BCUT2D eigenvalue weighted by molar-refractivity contribution is -0.151. The molecule has 0 bridgehead atoms. The molecule has 0 aromatic rings. The molecule has 1 rings (SSSR count). The first kappa shape index (κ1) is 17.4. The number of hydrogen-bond donors (Lipinski definition) is 1. The van der Waals surface area contributed by atoms with Gasteiger partial charge in [-0.25, -0.2) is 0 Å². The molecule has 118 valence electrons. The molecule has 20 heavy (non-hydrogen) atoms. The number of likely N-dealkylation sites (N-methyl/N-ethyl adjacent to an activating group) is 2. The molecular formula is C15H31N3O2. The van der Waals surface area contributed by atoms with Crippen LogP contribution in [0.25, 0.3) is 0 Å². The molecule has 5 heteroatoms. The quantitative estimate of drug-likeness (QED) is 0.706. The van der Waals surface area contributed by atoms with Gasteiger partial charge in [-0.2, -0.15) is 0 Å². The van der Waals surface area contributed by atoms with Crippen molar-refractivity contribution < 1.29 is 9.53 Å². The maximum absolute atomic E-state index is 12.2. The van der Waals surface area contributed by atoms with E-state index < -0.39 is 5.54 Å². The van der Waals surface area contributed by atoms with E-state index in [1.165, 1.54) is 12.8 Å². The summed E-state index contributed by atoms with van der Waals surface area (Å²) in [6.07, 6.45) is 2.43. The third-order valence-electron chi connectivity index (χ3n) is 4.04. The Morgan fingerprint density at radius 1 is 1.45 bits per heavy atom. The number of ether oxygens (including phenoxy) is 1. The van der Waals surface area contributed by atoms with Gasteiger partial charge in [-0.05, 0) is 53.9 Å². The Morgan fingerprint density at radius 3 is 2.70 bits per heavy atom. The van der Waals surface area contributed by atoms with Gasteiger partial charge in [-0.15, -0.1) is 0 Å². The number of hydrogen-bond acceptors (Lipinski definition) is 5. The summed E-state index contributed by atoms with van der Waals surface area (Å²) in [5, 5.41) is 3.31. The van der Waals surface area contributed by atoms with Crippen molar-refractivity contribution in [3.8, 4) is 0 Å². The lowest BCUT2D eigenvalue weighted by Crippen LogP contribution is -2.59. The van der Waals surface area contributed by atoms with Gasteiger partial charge in [0.15, 0.2) is 0 Å².